The summed E-state index contributed by atoms with van der Waals surface area (Å²) >= 11 is 1.57. The summed E-state index contributed by atoms with van der Waals surface area (Å²) < 4.78 is 0. The monoisotopic (exact) mass is 212 g/mol. The maximum absolute atomic E-state index is 4.37. The minimum absolute atomic E-state index is 0.839. The lowest BCUT2D eigenvalue weighted by Gasteiger charge is -2.04. The maximum atomic E-state index is 4.37. The lowest BCUT2D eigenvalue weighted by Crippen LogP contribution is -2.33. The Morgan fingerprint density at radius 3 is 3.00 bits per heavy atom. The minimum atomic E-state index is 0.839. The molecule has 0 spiro atoms. The summed E-state index contributed by atoms with van der Waals surface area (Å²) in [5, 5.41) is 0.839. The van der Waals surface area contributed by atoms with Gasteiger partial charge < -0.3 is 0 Å². The van der Waals surface area contributed by atoms with Crippen LogP contribution >= 0.6 is 11.8 Å². The number of hydrazine groups is 1. The molecule has 1 aromatic rings. The van der Waals surface area contributed by atoms with Crippen LogP contribution in [-0.4, -0.2) is 29.3 Å². The van der Waals surface area contributed by atoms with Crippen LogP contribution in [0.3, 0.4) is 0 Å². The molecule has 0 saturated carbocycles. The van der Waals surface area contributed by atoms with Gasteiger partial charge in [-0.15, -0.1) is 0 Å². The van der Waals surface area contributed by atoms with Crippen molar-refractivity contribution in [3.8, 4) is 0 Å². The highest BCUT2D eigenvalue weighted by atomic mass is 32.2. The summed E-state index contributed by atoms with van der Waals surface area (Å²) in [6, 6.07) is 1.95. The van der Waals surface area contributed by atoms with Gasteiger partial charge in [0.25, 0.3) is 0 Å². The largest absolute Gasteiger partial charge is 0.258 e. The van der Waals surface area contributed by atoms with Crippen LogP contribution < -0.4 is 10.9 Å². The molecule has 14 heavy (non-hydrogen) atoms. The molecule has 0 fully saturated rings. The third-order valence-electron chi connectivity index (χ3n) is 1.68. The van der Waals surface area contributed by atoms with Gasteiger partial charge in [0.1, 0.15) is 0 Å². The molecule has 0 radical (unpaired) electrons. The second-order valence-electron chi connectivity index (χ2n) is 2.74. The van der Waals surface area contributed by atoms with E-state index in [1.165, 1.54) is 0 Å². The average Bonchev–Trinajstić information content (AvgIpc) is 2.25. The van der Waals surface area contributed by atoms with E-state index >= 15 is 0 Å². The van der Waals surface area contributed by atoms with Crippen LogP contribution in [0.2, 0.25) is 0 Å². The third kappa shape index (κ3) is 4.04. The Bertz CT molecular complexity index is 267. The van der Waals surface area contributed by atoms with Crippen LogP contribution in [0.1, 0.15) is 12.6 Å². The molecule has 0 unspecified atom stereocenters. The maximum Gasteiger partial charge on any atom is 0.187 e. The first kappa shape index (κ1) is 11.4. The molecule has 0 bridgehead atoms. The topological polar surface area (TPSA) is 49.8 Å². The first-order valence-corrected chi connectivity index (χ1v) is 5.91. The predicted molar refractivity (Wildman–Crippen MR) is 59.2 cm³/mol. The molecular formula is C9H16N4S. The number of hydrogen-bond acceptors (Lipinski definition) is 5. The van der Waals surface area contributed by atoms with Crippen molar-refractivity contribution in [1.29, 1.82) is 0 Å². The molecule has 1 aromatic heterocycles. The smallest absolute Gasteiger partial charge is 0.187 e. The Labute approximate surface area is 88.9 Å². The number of aromatic nitrogens is 2. The van der Waals surface area contributed by atoms with Crippen LogP contribution in [0.4, 0.5) is 0 Å². The molecular weight excluding hydrogens is 196 g/mol. The summed E-state index contributed by atoms with van der Waals surface area (Å²) in [5.41, 5.74) is 7.23. The van der Waals surface area contributed by atoms with Gasteiger partial charge in [-0.25, -0.2) is 9.97 Å². The van der Waals surface area contributed by atoms with Crippen molar-refractivity contribution in [1.82, 2.24) is 20.8 Å². The zero-order valence-corrected chi connectivity index (χ0v) is 9.40. The third-order valence-corrected chi connectivity index (χ3v) is 2.24. The van der Waals surface area contributed by atoms with E-state index in [-0.39, 0.29) is 0 Å². The molecule has 5 heteroatoms. The molecule has 0 amide bonds. The molecule has 0 atom stereocenters. The lowest BCUT2D eigenvalue weighted by atomic mass is 10.3. The highest BCUT2D eigenvalue weighted by Gasteiger charge is 1.97. The Morgan fingerprint density at radius 1 is 1.43 bits per heavy atom. The number of thioether (sulfide) groups is 1. The predicted octanol–water partition coefficient (Wildman–Crippen LogP) is 0.855. The van der Waals surface area contributed by atoms with Crippen molar-refractivity contribution in [2.45, 2.75) is 18.5 Å². The van der Waals surface area contributed by atoms with E-state index in [0.29, 0.717) is 0 Å². The molecule has 0 aliphatic carbocycles. The fraction of sp³-hybridized carbons (Fsp3) is 0.556. The van der Waals surface area contributed by atoms with Crippen LogP contribution in [-0.2, 0) is 6.42 Å². The van der Waals surface area contributed by atoms with Crippen molar-refractivity contribution in [3.63, 3.8) is 0 Å². The first-order chi connectivity index (χ1) is 6.86. The summed E-state index contributed by atoms with van der Waals surface area (Å²) in [4.78, 5) is 8.49. The molecule has 0 aliphatic rings. The molecule has 0 aliphatic heterocycles. The first-order valence-electron chi connectivity index (χ1n) is 4.68. The zero-order valence-electron chi connectivity index (χ0n) is 8.58. The van der Waals surface area contributed by atoms with E-state index in [4.69, 9.17) is 0 Å². The second-order valence-corrected chi connectivity index (χ2v) is 3.52. The van der Waals surface area contributed by atoms with Gasteiger partial charge in [-0.05, 0) is 12.3 Å². The van der Waals surface area contributed by atoms with Crippen LogP contribution in [0.25, 0.3) is 0 Å². The van der Waals surface area contributed by atoms with Crippen LogP contribution in [0.15, 0.2) is 17.4 Å². The molecule has 1 heterocycles. The van der Waals surface area contributed by atoms with Crippen molar-refractivity contribution < 1.29 is 0 Å². The van der Waals surface area contributed by atoms with E-state index in [1.807, 2.05) is 12.3 Å². The summed E-state index contributed by atoms with van der Waals surface area (Å²) in [6.45, 7) is 3.88. The van der Waals surface area contributed by atoms with Gasteiger partial charge in [0.15, 0.2) is 5.16 Å². The van der Waals surface area contributed by atoms with Gasteiger partial charge in [0, 0.05) is 31.4 Å². The van der Waals surface area contributed by atoms with Gasteiger partial charge in [0.05, 0.1) is 0 Å². The standard InChI is InChI=1S/C9H16N4S/c1-3-11-12-7-5-8-4-6-10-9(13-8)14-2/h4,6,11-12H,3,5,7H2,1-2H3. The molecule has 0 aromatic carbocycles. The number of nitrogens with one attached hydrogen (secondary N) is 2. The number of rotatable bonds is 6. The zero-order chi connectivity index (χ0) is 10.2. The van der Waals surface area contributed by atoms with Gasteiger partial charge in [-0.1, -0.05) is 18.7 Å². The number of hydrogen-bond donors (Lipinski definition) is 2. The summed E-state index contributed by atoms with van der Waals surface area (Å²) in [5.74, 6) is 0. The van der Waals surface area contributed by atoms with Gasteiger partial charge in [-0.3, -0.25) is 10.9 Å². The number of nitrogens with zero attached hydrogens (tertiary/aromatic N) is 2. The van der Waals surface area contributed by atoms with E-state index in [1.54, 1.807) is 18.0 Å². The molecule has 1 rings (SSSR count). The van der Waals surface area contributed by atoms with Crippen LogP contribution in [0, 0.1) is 0 Å². The summed E-state index contributed by atoms with van der Waals surface area (Å²) in [7, 11) is 0. The Morgan fingerprint density at radius 2 is 2.29 bits per heavy atom. The van der Waals surface area contributed by atoms with Crippen molar-refractivity contribution in [2.24, 2.45) is 0 Å². The van der Waals surface area contributed by atoms with Crippen molar-refractivity contribution in [2.75, 3.05) is 19.3 Å². The molecule has 78 valence electrons. The van der Waals surface area contributed by atoms with Gasteiger partial charge >= 0.3 is 0 Å². The SMILES string of the molecule is CCNNCCc1ccnc(SC)n1. The lowest BCUT2D eigenvalue weighted by molar-refractivity contribution is 0.549. The fourth-order valence-electron chi connectivity index (χ4n) is 1.02. The molecule has 2 N–H and O–H groups in total. The summed E-state index contributed by atoms with van der Waals surface area (Å²) in [6.07, 6.45) is 4.71. The van der Waals surface area contributed by atoms with E-state index in [0.717, 1.165) is 30.4 Å². The fourth-order valence-corrected chi connectivity index (χ4v) is 1.39. The van der Waals surface area contributed by atoms with Crippen molar-refractivity contribution >= 4 is 11.8 Å². The molecule has 4 nitrogen and oxygen atoms in total. The quantitative estimate of drug-likeness (QED) is 0.317. The van der Waals surface area contributed by atoms with E-state index < -0.39 is 0 Å². The Hall–Kier alpha value is -0.650. The minimum Gasteiger partial charge on any atom is -0.258 e. The highest BCUT2D eigenvalue weighted by Crippen LogP contribution is 2.07. The second kappa shape index (κ2) is 6.75. The van der Waals surface area contributed by atoms with E-state index in [2.05, 4.69) is 27.7 Å². The normalized spacial score (nSPS) is 10.4. The Kier molecular flexibility index (Phi) is 5.51. The molecule has 0 saturated heterocycles. The van der Waals surface area contributed by atoms with E-state index in [9.17, 15) is 0 Å². The average molecular weight is 212 g/mol. The van der Waals surface area contributed by atoms with Gasteiger partial charge in [-0.2, -0.15) is 0 Å². The van der Waals surface area contributed by atoms with Crippen molar-refractivity contribution in [3.05, 3.63) is 18.0 Å². The highest BCUT2D eigenvalue weighted by molar-refractivity contribution is 7.98. The van der Waals surface area contributed by atoms with Crippen LogP contribution in [0.5, 0.6) is 0 Å². The van der Waals surface area contributed by atoms with Gasteiger partial charge in [0.2, 0.25) is 0 Å². The Balaban J connectivity index is 2.34.